The van der Waals surface area contributed by atoms with E-state index in [1.807, 2.05) is 18.2 Å². The lowest BCUT2D eigenvalue weighted by Gasteiger charge is -2.23. The minimum Gasteiger partial charge on any atom is -0.497 e. The number of piperidine rings is 1. The predicted octanol–water partition coefficient (Wildman–Crippen LogP) is 3.08. The van der Waals surface area contributed by atoms with Gasteiger partial charge < -0.3 is 25.0 Å². The monoisotopic (exact) mass is 386 g/mol. The smallest absolute Gasteiger partial charge is 0.175 e. The van der Waals surface area contributed by atoms with Crippen LogP contribution < -0.4 is 25.0 Å². The van der Waals surface area contributed by atoms with E-state index >= 15 is 0 Å². The summed E-state index contributed by atoms with van der Waals surface area (Å²) in [6.07, 6.45) is 4.08. The number of quaternary nitrogens is 1. The number of likely N-dealkylation sites (tertiary alicyclic amines) is 1. The van der Waals surface area contributed by atoms with Crippen LogP contribution in [0.25, 0.3) is 0 Å². The number of rotatable bonds is 6. The van der Waals surface area contributed by atoms with Gasteiger partial charge in [-0.3, -0.25) is 0 Å². The molecule has 144 valence electrons. The minimum absolute atomic E-state index is 0.510. The minimum atomic E-state index is 0.510. The fourth-order valence-corrected chi connectivity index (χ4v) is 3.65. The molecule has 2 aromatic carbocycles. The maximum atomic E-state index is 5.45. The molecule has 0 unspecified atom stereocenters. The second-order valence-electron chi connectivity index (χ2n) is 6.83. The van der Waals surface area contributed by atoms with Crippen LogP contribution in [0.4, 0.5) is 11.4 Å². The maximum absolute atomic E-state index is 5.45. The van der Waals surface area contributed by atoms with Gasteiger partial charge in [-0.15, -0.1) is 0 Å². The van der Waals surface area contributed by atoms with Gasteiger partial charge in [0, 0.05) is 17.3 Å². The number of benzene rings is 2. The number of nitrogens with one attached hydrogen (secondary N) is 3. The molecule has 1 aliphatic rings. The molecule has 1 heterocycles. The third-order valence-corrected chi connectivity index (χ3v) is 5.09. The van der Waals surface area contributed by atoms with Crippen molar-refractivity contribution in [3.63, 3.8) is 0 Å². The molecule has 1 saturated heterocycles. The number of methoxy groups -OCH3 is 2. The molecule has 0 amide bonds. The highest BCUT2D eigenvalue weighted by atomic mass is 32.1. The zero-order valence-corrected chi connectivity index (χ0v) is 16.8. The van der Waals surface area contributed by atoms with Crippen LogP contribution in [-0.2, 0) is 6.54 Å². The van der Waals surface area contributed by atoms with Crippen LogP contribution in [0.15, 0.2) is 42.5 Å². The molecule has 1 aliphatic heterocycles. The van der Waals surface area contributed by atoms with Gasteiger partial charge in [0.15, 0.2) is 5.11 Å². The Labute approximate surface area is 166 Å². The van der Waals surface area contributed by atoms with Crippen molar-refractivity contribution in [2.24, 2.45) is 0 Å². The van der Waals surface area contributed by atoms with Crippen molar-refractivity contribution in [1.82, 2.24) is 0 Å². The lowest BCUT2D eigenvalue weighted by Crippen LogP contribution is -3.11. The largest absolute Gasteiger partial charge is 0.497 e. The summed E-state index contributed by atoms with van der Waals surface area (Å²) >= 11 is 5.45. The number of thiocarbonyl (C=S) groups is 1. The van der Waals surface area contributed by atoms with Crippen LogP contribution in [0.3, 0.4) is 0 Å². The molecule has 0 saturated carbocycles. The average molecular weight is 387 g/mol. The summed E-state index contributed by atoms with van der Waals surface area (Å²) in [6, 6.07) is 14.1. The second kappa shape index (κ2) is 9.58. The summed E-state index contributed by atoms with van der Waals surface area (Å²) < 4.78 is 10.6. The molecular weight excluding hydrogens is 358 g/mol. The number of hydrogen-bond donors (Lipinski definition) is 3. The topological polar surface area (TPSA) is 47.0 Å². The Balaban J connectivity index is 1.57. The van der Waals surface area contributed by atoms with Gasteiger partial charge in [-0.2, -0.15) is 0 Å². The summed E-state index contributed by atoms with van der Waals surface area (Å²) in [6.45, 7) is 3.68. The van der Waals surface area contributed by atoms with Crippen molar-refractivity contribution in [1.29, 1.82) is 0 Å². The van der Waals surface area contributed by atoms with Gasteiger partial charge in [0.2, 0.25) is 0 Å². The second-order valence-corrected chi connectivity index (χ2v) is 7.24. The number of ether oxygens (including phenoxy) is 2. The van der Waals surface area contributed by atoms with E-state index in [1.165, 1.54) is 37.9 Å². The van der Waals surface area contributed by atoms with Gasteiger partial charge >= 0.3 is 0 Å². The van der Waals surface area contributed by atoms with Gasteiger partial charge in [-0.05, 0) is 55.7 Å². The third-order valence-electron chi connectivity index (χ3n) is 4.88. The standard InChI is InChI=1S/C21H27N3O2S/c1-25-18-10-11-20(26-2)19(14-18)23-21(27)22-17-8-6-16(7-9-17)15-24-12-4-3-5-13-24/h6-11,14H,3-5,12-13,15H2,1-2H3,(H2,22,23,27)/p+1. The molecule has 5 nitrogen and oxygen atoms in total. The van der Waals surface area contributed by atoms with Crippen LogP contribution >= 0.6 is 12.2 Å². The van der Waals surface area contributed by atoms with Gasteiger partial charge in [-0.1, -0.05) is 12.1 Å². The SMILES string of the molecule is COc1ccc(OC)c(NC(=S)Nc2ccc(C[NH+]3CCCCC3)cc2)c1. The Bertz CT molecular complexity index is 759. The average Bonchev–Trinajstić information content (AvgIpc) is 2.70. The summed E-state index contributed by atoms with van der Waals surface area (Å²) in [5.74, 6) is 1.45. The van der Waals surface area contributed by atoms with E-state index in [2.05, 4.69) is 34.9 Å². The fourth-order valence-electron chi connectivity index (χ4n) is 3.42. The van der Waals surface area contributed by atoms with Gasteiger partial charge in [0.05, 0.1) is 33.0 Å². The van der Waals surface area contributed by atoms with E-state index in [0.29, 0.717) is 10.9 Å². The lowest BCUT2D eigenvalue weighted by molar-refractivity contribution is -0.918. The van der Waals surface area contributed by atoms with Crippen LogP contribution in [0.5, 0.6) is 11.5 Å². The first-order chi connectivity index (χ1) is 13.2. The van der Waals surface area contributed by atoms with Crippen LogP contribution in [-0.4, -0.2) is 32.4 Å². The molecular formula is C21H28N3O2S+. The van der Waals surface area contributed by atoms with Gasteiger partial charge in [-0.25, -0.2) is 0 Å². The van der Waals surface area contributed by atoms with E-state index in [0.717, 1.165) is 23.7 Å². The lowest BCUT2D eigenvalue weighted by atomic mass is 10.1. The quantitative estimate of drug-likeness (QED) is 0.666. The molecule has 27 heavy (non-hydrogen) atoms. The number of hydrogen-bond acceptors (Lipinski definition) is 3. The molecule has 0 aliphatic carbocycles. The molecule has 3 rings (SSSR count). The highest BCUT2D eigenvalue weighted by Gasteiger charge is 2.13. The van der Waals surface area contributed by atoms with Crippen molar-refractivity contribution in [2.45, 2.75) is 25.8 Å². The Morgan fingerprint density at radius 1 is 0.963 bits per heavy atom. The summed E-state index contributed by atoms with van der Waals surface area (Å²) in [7, 11) is 3.27. The van der Waals surface area contributed by atoms with Gasteiger partial charge in [0.25, 0.3) is 0 Å². The molecule has 0 spiro atoms. The van der Waals surface area contributed by atoms with Crippen molar-refractivity contribution in [3.8, 4) is 11.5 Å². The Kier molecular flexibility index (Phi) is 6.90. The van der Waals surface area contributed by atoms with Crippen LogP contribution in [0.1, 0.15) is 24.8 Å². The first-order valence-electron chi connectivity index (χ1n) is 9.40. The summed E-state index contributed by atoms with van der Waals surface area (Å²) in [5, 5.41) is 6.91. The van der Waals surface area contributed by atoms with Crippen LogP contribution in [0, 0.1) is 0 Å². The number of anilines is 2. The Morgan fingerprint density at radius 3 is 2.37 bits per heavy atom. The van der Waals surface area contributed by atoms with Crippen LogP contribution in [0.2, 0.25) is 0 Å². The first-order valence-corrected chi connectivity index (χ1v) is 9.81. The third kappa shape index (κ3) is 5.58. The van der Waals surface area contributed by atoms with E-state index in [1.54, 1.807) is 19.1 Å². The molecule has 3 N–H and O–H groups in total. The van der Waals surface area contributed by atoms with E-state index < -0.39 is 0 Å². The first kappa shape index (κ1) is 19.5. The Morgan fingerprint density at radius 2 is 1.70 bits per heavy atom. The van der Waals surface area contributed by atoms with E-state index in [4.69, 9.17) is 21.7 Å². The van der Waals surface area contributed by atoms with E-state index in [9.17, 15) is 0 Å². The van der Waals surface area contributed by atoms with Crippen molar-refractivity contribution >= 4 is 28.7 Å². The molecule has 0 bridgehead atoms. The highest BCUT2D eigenvalue weighted by Crippen LogP contribution is 2.29. The van der Waals surface area contributed by atoms with Gasteiger partial charge in [0.1, 0.15) is 18.0 Å². The highest BCUT2D eigenvalue weighted by molar-refractivity contribution is 7.80. The normalized spacial score (nSPS) is 14.4. The van der Waals surface area contributed by atoms with E-state index in [-0.39, 0.29) is 0 Å². The summed E-state index contributed by atoms with van der Waals surface area (Å²) in [5.41, 5.74) is 3.09. The fraction of sp³-hybridized carbons (Fsp3) is 0.381. The molecule has 0 radical (unpaired) electrons. The van der Waals surface area contributed by atoms with Crippen molar-refractivity contribution in [3.05, 3.63) is 48.0 Å². The maximum Gasteiger partial charge on any atom is 0.175 e. The van der Waals surface area contributed by atoms with Crippen molar-refractivity contribution < 1.29 is 14.4 Å². The van der Waals surface area contributed by atoms with Crippen molar-refractivity contribution in [2.75, 3.05) is 37.9 Å². The Hall–Kier alpha value is -2.31. The predicted molar refractivity (Wildman–Crippen MR) is 114 cm³/mol. The zero-order chi connectivity index (χ0) is 19.1. The molecule has 6 heteroatoms. The zero-order valence-electron chi connectivity index (χ0n) is 16.0. The molecule has 0 aromatic heterocycles. The summed E-state index contributed by atoms with van der Waals surface area (Å²) in [4.78, 5) is 1.68. The molecule has 2 aromatic rings. The molecule has 1 fully saturated rings. The molecule has 0 atom stereocenters.